The monoisotopic (exact) mass is 339 g/mol. The molecule has 1 aliphatic carbocycles. The summed E-state index contributed by atoms with van der Waals surface area (Å²) in [5.41, 5.74) is 3.78. The van der Waals surface area contributed by atoms with Crippen molar-refractivity contribution in [3.8, 4) is 0 Å². The van der Waals surface area contributed by atoms with E-state index in [1.165, 1.54) is 12.8 Å². The SMILES string of the molecule is Cc1c(Nc2nc(C3CC3)nc3cn[nH]c23)cnn1C1CCOCC1. The molecule has 8 nitrogen and oxygen atoms in total. The maximum atomic E-state index is 5.46. The van der Waals surface area contributed by atoms with Crippen LogP contribution in [0, 0.1) is 6.92 Å². The number of aromatic amines is 1. The van der Waals surface area contributed by atoms with Crippen LogP contribution in [-0.2, 0) is 4.74 Å². The molecule has 0 spiro atoms. The van der Waals surface area contributed by atoms with Gasteiger partial charge in [-0.3, -0.25) is 9.78 Å². The summed E-state index contributed by atoms with van der Waals surface area (Å²) in [7, 11) is 0. The van der Waals surface area contributed by atoms with Gasteiger partial charge in [0.15, 0.2) is 5.82 Å². The number of ether oxygens (including phenoxy) is 1. The molecule has 2 N–H and O–H groups in total. The van der Waals surface area contributed by atoms with Crippen molar-refractivity contribution in [3.05, 3.63) is 23.9 Å². The molecule has 130 valence electrons. The molecule has 3 aromatic rings. The summed E-state index contributed by atoms with van der Waals surface area (Å²) in [6.07, 6.45) is 7.99. The zero-order valence-corrected chi connectivity index (χ0v) is 14.2. The molecule has 2 fully saturated rings. The maximum Gasteiger partial charge on any atom is 0.160 e. The van der Waals surface area contributed by atoms with E-state index in [1.807, 2.05) is 6.20 Å². The molecular weight excluding hydrogens is 318 g/mol. The largest absolute Gasteiger partial charge is 0.381 e. The van der Waals surface area contributed by atoms with Crippen molar-refractivity contribution in [3.63, 3.8) is 0 Å². The van der Waals surface area contributed by atoms with E-state index in [0.717, 1.165) is 60.1 Å². The van der Waals surface area contributed by atoms with Crippen LogP contribution in [0.5, 0.6) is 0 Å². The second-order valence-corrected chi connectivity index (χ2v) is 6.89. The number of nitrogens with one attached hydrogen (secondary N) is 2. The van der Waals surface area contributed by atoms with Crippen LogP contribution in [0.3, 0.4) is 0 Å². The Hall–Kier alpha value is -2.48. The van der Waals surface area contributed by atoms with E-state index in [9.17, 15) is 0 Å². The van der Waals surface area contributed by atoms with E-state index < -0.39 is 0 Å². The standard InChI is InChI=1S/C17H21N7O/c1-10-13(9-19-24(10)12-4-6-25-7-5-12)20-17-15-14(8-18-23-15)21-16(22-17)11-2-3-11/h8-9,11-12H,2-7H2,1H3,(H,18,23)(H,20,21,22). The predicted octanol–water partition coefficient (Wildman–Crippen LogP) is 2.83. The third-order valence-corrected chi connectivity index (χ3v) is 5.09. The Labute approximate surface area is 145 Å². The van der Waals surface area contributed by atoms with Gasteiger partial charge in [0.1, 0.15) is 16.9 Å². The molecule has 1 saturated carbocycles. The lowest BCUT2D eigenvalue weighted by molar-refractivity contribution is 0.0657. The summed E-state index contributed by atoms with van der Waals surface area (Å²) in [6, 6.07) is 0.406. The van der Waals surface area contributed by atoms with Crippen molar-refractivity contribution < 1.29 is 4.74 Å². The molecule has 3 aromatic heterocycles. The Balaban J connectivity index is 1.48. The molecule has 1 saturated heterocycles. The lowest BCUT2D eigenvalue weighted by atomic mass is 10.1. The molecule has 8 heteroatoms. The maximum absolute atomic E-state index is 5.46. The first kappa shape index (κ1) is 14.8. The Morgan fingerprint density at radius 1 is 1.16 bits per heavy atom. The molecule has 0 unspecified atom stereocenters. The first-order chi connectivity index (χ1) is 12.3. The van der Waals surface area contributed by atoms with E-state index in [1.54, 1.807) is 6.20 Å². The number of fused-ring (bicyclic) bond motifs is 1. The fourth-order valence-corrected chi connectivity index (χ4v) is 3.44. The van der Waals surface area contributed by atoms with Crippen LogP contribution in [-0.4, -0.2) is 43.2 Å². The molecule has 0 aromatic carbocycles. The minimum absolute atomic E-state index is 0.406. The molecule has 4 heterocycles. The van der Waals surface area contributed by atoms with Crippen molar-refractivity contribution in [2.75, 3.05) is 18.5 Å². The van der Waals surface area contributed by atoms with Gasteiger partial charge in [-0.2, -0.15) is 10.2 Å². The van der Waals surface area contributed by atoms with Crippen LogP contribution in [0.1, 0.15) is 49.2 Å². The van der Waals surface area contributed by atoms with Crippen molar-refractivity contribution in [2.45, 2.75) is 44.6 Å². The average Bonchev–Trinajstić information content (AvgIpc) is 3.28. The molecule has 5 rings (SSSR count). The van der Waals surface area contributed by atoms with Crippen LogP contribution in [0.4, 0.5) is 11.5 Å². The smallest absolute Gasteiger partial charge is 0.160 e. The second-order valence-electron chi connectivity index (χ2n) is 6.89. The minimum atomic E-state index is 0.406. The van der Waals surface area contributed by atoms with Gasteiger partial charge in [-0.1, -0.05) is 0 Å². The van der Waals surface area contributed by atoms with Crippen LogP contribution < -0.4 is 5.32 Å². The summed E-state index contributed by atoms with van der Waals surface area (Å²) >= 11 is 0. The molecule has 0 bridgehead atoms. The summed E-state index contributed by atoms with van der Waals surface area (Å²) in [5, 5.41) is 15.2. The highest BCUT2D eigenvalue weighted by Gasteiger charge is 2.28. The zero-order valence-electron chi connectivity index (χ0n) is 14.2. The third kappa shape index (κ3) is 2.66. The highest BCUT2D eigenvalue weighted by atomic mass is 16.5. The van der Waals surface area contributed by atoms with Gasteiger partial charge in [-0.15, -0.1) is 0 Å². The Morgan fingerprint density at radius 2 is 2.00 bits per heavy atom. The molecule has 0 amide bonds. The van der Waals surface area contributed by atoms with Crippen molar-refractivity contribution in [1.82, 2.24) is 29.9 Å². The molecule has 2 aliphatic rings. The summed E-state index contributed by atoms with van der Waals surface area (Å²) < 4.78 is 7.57. The number of H-pyrrole nitrogens is 1. The highest BCUT2D eigenvalue weighted by molar-refractivity contribution is 5.87. The summed E-state index contributed by atoms with van der Waals surface area (Å²) in [4.78, 5) is 9.36. The van der Waals surface area contributed by atoms with E-state index in [-0.39, 0.29) is 0 Å². The van der Waals surface area contributed by atoms with Gasteiger partial charge in [0.2, 0.25) is 0 Å². The first-order valence-corrected chi connectivity index (χ1v) is 8.89. The van der Waals surface area contributed by atoms with Gasteiger partial charge in [0.05, 0.1) is 29.8 Å². The summed E-state index contributed by atoms with van der Waals surface area (Å²) in [5.74, 6) is 2.18. The van der Waals surface area contributed by atoms with Crippen LogP contribution >= 0.6 is 0 Å². The van der Waals surface area contributed by atoms with E-state index in [2.05, 4.69) is 37.2 Å². The molecule has 25 heavy (non-hydrogen) atoms. The van der Waals surface area contributed by atoms with Crippen LogP contribution in [0.25, 0.3) is 11.0 Å². The third-order valence-electron chi connectivity index (χ3n) is 5.09. The van der Waals surface area contributed by atoms with Gasteiger partial charge in [0.25, 0.3) is 0 Å². The quantitative estimate of drug-likeness (QED) is 0.759. The van der Waals surface area contributed by atoms with E-state index >= 15 is 0 Å². The van der Waals surface area contributed by atoms with Gasteiger partial charge < -0.3 is 10.1 Å². The van der Waals surface area contributed by atoms with Gasteiger partial charge in [-0.25, -0.2) is 9.97 Å². The predicted molar refractivity (Wildman–Crippen MR) is 93.0 cm³/mol. The van der Waals surface area contributed by atoms with E-state index in [4.69, 9.17) is 9.72 Å². The van der Waals surface area contributed by atoms with E-state index in [0.29, 0.717) is 12.0 Å². The fourth-order valence-electron chi connectivity index (χ4n) is 3.44. The number of hydrogen-bond acceptors (Lipinski definition) is 6. The van der Waals surface area contributed by atoms with Crippen LogP contribution in [0.2, 0.25) is 0 Å². The Kier molecular flexibility index (Phi) is 3.44. The molecular formula is C17H21N7O. The topological polar surface area (TPSA) is 93.5 Å². The highest BCUT2D eigenvalue weighted by Crippen LogP contribution is 2.39. The minimum Gasteiger partial charge on any atom is -0.381 e. The molecule has 0 atom stereocenters. The number of aromatic nitrogens is 6. The van der Waals surface area contributed by atoms with Crippen molar-refractivity contribution >= 4 is 22.5 Å². The second kappa shape index (κ2) is 5.80. The zero-order chi connectivity index (χ0) is 16.8. The van der Waals surface area contributed by atoms with Gasteiger partial charge in [0, 0.05) is 19.1 Å². The first-order valence-electron chi connectivity index (χ1n) is 8.89. The number of hydrogen-bond donors (Lipinski definition) is 2. The van der Waals surface area contributed by atoms with Crippen molar-refractivity contribution in [2.24, 2.45) is 0 Å². The summed E-state index contributed by atoms with van der Waals surface area (Å²) in [6.45, 7) is 3.70. The van der Waals surface area contributed by atoms with Gasteiger partial charge in [-0.05, 0) is 32.6 Å². The normalized spacial score (nSPS) is 18.8. The number of rotatable bonds is 4. The van der Waals surface area contributed by atoms with Crippen LogP contribution in [0.15, 0.2) is 12.4 Å². The molecule has 1 aliphatic heterocycles. The van der Waals surface area contributed by atoms with Gasteiger partial charge >= 0.3 is 0 Å². The number of anilines is 2. The number of nitrogens with zero attached hydrogens (tertiary/aromatic N) is 5. The lowest BCUT2D eigenvalue weighted by Gasteiger charge is -2.23. The average molecular weight is 339 g/mol. The van der Waals surface area contributed by atoms with Crippen molar-refractivity contribution in [1.29, 1.82) is 0 Å². The lowest BCUT2D eigenvalue weighted by Crippen LogP contribution is -2.21. The molecule has 0 radical (unpaired) electrons. The fraction of sp³-hybridized carbons (Fsp3) is 0.529. The Bertz CT molecular complexity index is 905. The Morgan fingerprint density at radius 3 is 2.80 bits per heavy atom.